The van der Waals surface area contributed by atoms with Crippen LogP contribution in [0.5, 0.6) is 0 Å². The highest BCUT2D eigenvalue weighted by molar-refractivity contribution is 6.32. The zero-order valence-electron chi connectivity index (χ0n) is 8.24. The molecule has 76 valence electrons. The molecule has 0 saturated carbocycles. The third-order valence-electron chi connectivity index (χ3n) is 2.07. The number of nitrogen functional groups attached to an aromatic ring is 1. The second kappa shape index (κ2) is 3.87. The molecule has 0 spiro atoms. The summed E-state index contributed by atoms with van der Waals surface area (Å²) in [6.45, 7) is 1.97. The highest BCUT2D eigenvalue weighted by atomic mass is 35.5. The van der Waals surface area contributed by atoms with Crippen molar-refractivity contribution in [3.63, 3.8) is 0 Å². The van der Waals surface area contributed by atoms with Gasteiger partial charge in [-0.25, -0.2) is 9.97 Å². The number of rotatable bonds is 1. The Bertz CT molecular complexity index is 480. The van der Waals surface area contributed by atoms with Crippen LogP contribution in [0.15, 0.2) is 30.6 Å². The predicted molar refractivity (Wildman–Crippen MR) is 61.6 cm³/mol. The summed E-state index contributed by atoms with van der Waals surface area (Å²) in [5, 5.41) is 0.479. The van der Waals surface area contributed by atoms with Crippen molar-refractivity contribution in [2.45, 2.75) is 6.92 Å². The molecular formula is C11H10ClN3. The van der Waals surface area contributed by atoms with Gasteiger partial charge in [0.05, 0.1) is 0 Å². The minimum Gasteiger partial charge on any atom is -0.384 e. The van der Waals surface area contributed by atoms with Gasteiger partial charge in [0.15, 0.2) is 0 Å². The van der Waals surface area contributed by atoms with Gasteiger partial charge in [0, 0.05) is 23.5 Å². The zero-order chi connectivity index (χ0) is 10.8. The second-order valence-electron chi connectivity index (χ2n) is 3.32. The molecule has 0 bridgehead atoms. The minimum absolute atomic E-state index is 0.479. The fourth-order valence-corrected chi connectivity index (χ4v) is 1.53. The Morgan fingerprint density at radius 2 is 2.00 bits per heavy atom. The van der Waals surface area contributed by atoms with E-state index in [0.717, 1.165) is 16.7 Å². The van der Waals surface area contributed by atoms with Gasteiger partial charge in [-0.3, -0.25) is 0 Å². The standard InChI is InChI=1S/C11H10ClN3/c1-7-4-9(11(12)15-5-7)8-2-3-10(13)14-6-8/h2-6H,1H3,(H2,13,14). The average molecular weight is 220 g/mol. The average Bonchev–Trinajstić information content (AvgIpc) is 2.23. The Kier molecular flexibility index (Phi) is 2.56. The summed E-state index contributed by atoms with van der Waals surface area (Å²) < 4.78 is 0. The first-order valence-electron chi connectivity index (χ1n) is 4.51. The van der Waals surface area contributed by atoms with E-state index in [1.165, 1.54) is 0 Å². The zero-order valence-corrected chi connectivity index (χ0v) is 8.99. The predicted octanol–water partition coefficient (Wildman–Crippen LogP) is 2.69. The van der Waals surface area contributed by atoms with Gasteiger partial charge in [0.25, 0.3) is 0 Å². The molecule has 2 N–H and O–H groups in total. The summed E-state index contributed by atoms with van der Waals surface area (Å²) in [6, 6.07) is 5.60. The fraction of sp³-hybridized carbons (Fsp3) is 0.0909. The van der Waals surface area contributed by atoms with Gasteiger partial charge in [-0.1, -0.05) is 11.6 Å². The lowest BCUT2D eigenvalue weighted by Crippen LogP contribution is -1.90. The van der Waals surface area contributed by atoms with Crippen LogP contribution in [-0.4, -0.2) is 9.97 Å². The normalized spacial score (nSPS) is 10.3. The summed E-state index contributed by atoms with van der Waals surface area (Å²) in [4.78, 5) is 8.10. The molecule has 4 heteroatoms. The van der Waals surface area contributed by atoms with Gasteiger partial charge < -0.3 is 5.73 Å². The number of hydrogen-bond donors (Lipinski definition) is 1. The molecule has 0 saturated heterocycles. The van der Waals surface area contributed by atoms with E-state index in [2.05, 4.69) is 9.97 Å². The molecule has 0 radical (unpaired) electrons. The van der Waals surface area contributed by atoms with Crippen molar-refractivity contribution in [1.29, 1.82) is 0 Å². The maximum Gasteiger partial charge on any atom is 0.136 e. The molecule has 0 atom stereocenters. The summed E-state index contributed by atoms with van der Waals surface area (Å²) in [5.41, 5.74) is 8.37. The summed E-state index contributed by atoms with van der Waals surface area (Å²) in [5.74, 6) is 0.496. The fourth-order valence-electron chi connectivity index (χ4n) is 1.32. The number of pyridine rings is 2. The van der Waals surface area contributed by atoms with Crippen LogP contribution in [0.1, 0.15) is 5.56 Å². The van der Waals surface area contributed by atoms with Crippen molar-refractivity contribution < 1.29 is 0 Å². The van der Waals surface area contributed by atoms with Crippen molar-refractivity contribution in [1.82, 2.24) is 9.97 Å². The number of nitrogens with two attached hydrogens (primary N) is 1. The van der Waals surface area contributed by atoms with Gasteiger partial charge in [-0.2, -0.15) is 0 Å². The van der Waals surface area contributed by atoms with Crippen LogP contribution in [0.25, 0.3) is 11.1 Å². The van der Waals surface area contributed by atoms with Gasteiger partial charge >= 0.3 is 0 Å². The van der Waals surface area contributed by atoms with Crippen LogP contribution in [-0.2, 0) is 0 Å². The number of hydrogen-bond acceptors (Lipinski definition) is 3. The smallest absolute Gasteiger partial charge is 0.136 e. The molecule has 2 rings (SSSR count). The highest BCUT2D eigenvalue weighted by Gasteiger charge is 2.04. The Morgan fingerprint density at radius 3 is 2.67 bits per heavy atom. The first kappa shape index (κ1) is 9.93. The third-order valence-corrected chi connectivity index (χ3v) is 2.37. The first-order chi connectivity index (χ1) is 7.16. The van der Waals surface area contributed by atoms with E-state index in [-0.39, 0.29) is 0 Å². The van der Waals surface area contributed by atoms with Gasteiger partial charge in [0.1, 0.15) is 11.0 Å². The van der Waals surface area contributed by atoms with Crippen molar-refractivity contribution >= 4 is 17.4 Å². The van der Waals surface area contributed by atoms with Gasteiger partial charge in [-0.15, -0.1) is 0 Å². The molecule has 0 unspecified atom stereocenters. The minimum atomic E-state index is 0.479. The monoisotopic (exact) mass is 219 g/mol. The van der Waals surface area contributed by atoms with E-state index in [0.29, 0.717) is 11.0 Å². The molecule has 0 amide bonds. The van der Waals surface area contributed by atoms with Crippen LogP contribution in [0.4, 0.5) is 5.82 Å². The Balaban J connectivity index is 2.53. The van der Waals surface area contributed by atoms with Crippen LogP contribution in [0, 0.1) is 6.92 Å². The number of aromatic nitrogens is 2. The molecule has 0 fully saturated rings. The highest BCUT2D eigenvalue weighted by Crippen LogP contribution is 2.26. The van der Waals surface area contributed by atoms with Crippen LogP contribution in [0.2, 0.25) is 5.15 Å². The number of nitrogens with zero attached hydrogens (tertiary/aromatic N) is 2. The van der Waals surface area contributed by atoms with Crippen LogP contribution >= 0.6 is 11.6 Å². The third kappa shape index (κ3) is 2.07. The maximum absolute atomic E-state index is 6.00. The molecule has 0 aliphatic heterocycles. The van der Waals surface area contributed by atoms with E-state index < -0.39 is 0 Å². The Hall–Kier alpha value is -1.61. The summed E-state index contributed by atoms with van der Waals surface area (Å²) in [7, 11) is 0. The first-order valence-corrected chi connectivity index (χ1v) is 4.88. The molecule has 0 aromatic carbocycles. The van der Waals surface area contributed by atoms with E-state index in [4.69, 9.17) is 17.3 Å². The second-order valence-corrected chi connectivity index (χ2v) is 3.68. The molecule has 15 heavy (non-hydrogen) atoms. The molecule has 2 aromatic heterocycles. The van der Waals surface area contributed by atoms with E-state index in [1.807, 2.05) is 19.1 Å². The molecule has 0 aliphatic rings. The van der Waals surface area contributed by atoms with Crippen molar-refractivity contribution in [2.24, 2.45) is 0 Å². The van der Waals surface area contributed by atoms with E-state index >= 15 is 0 Å². The number of aryl methyl sites for hydroxylation is 1. The van der Waals surface area contributed by atoms with Gasteiger partial charge in [0.2, 0.25) is 0 Å². The van der Waals surface area contributed by atoms with E-state index in [1.54, 1.807) is 18.5 Å². The van der Waals surface area contributed by atoms with Crippen molar-refractivity contribution in [3.05, 3.63) is 41.3 Å². The van der Waals surface area contributed by atoms with E-state index in [9.17, 15) is 0 Å². The molecule has 3 nitrogen and oxygen atoms in total. The van der Waals surface area contributed by atoms with Crippen molar-refractivity contribution in [2.75, 3.05) is 5.73 Å². The maximum atomic E-state index is 6.00. The molecule has 0 aliphatic carbocycles. The van der Waals surface area contributed by atoms with Gasteiger partial charge in [-0.05, 0) is 30.7 Å². The van der Waals surface area contributed by atoms with Crippen molar-refractivity contribution in [3.8, 4) is 11.1 Å². The lowest BCUT2D eigenvalue weighted by atomic mass is 10.1. The largest absolute Gasteiger partial charge is 0.384 e. The molecular weight excluding hydrogens is 210 g/mol. The Morgan fingerprint density at radius 1 is 1.20 bits per heavy atom. The van der Waals surface area contributed by atoms with Crippen LogP contribution in [0.3, 0.4) is 0 Å². The summed E-state index contributed by atoms with van der Waals surface area (Å²) >= 11 is 6.00. The molecule has 2 heterocycles. The van der Waals surface area contributed by atoms with Crippen LogP contribution < -0.4 is 5.73 Å². The SMILES string of the molecule is Cc1cnc(Cl)c(-c2ccc(N)nc2)c1. The lowest BCUT2D eigenvalue weighted by Gasteiger charge is -2.04. The summed E-state index contributed by atoms with van der Waals surface area (Å²) in [6.07, 6.45) is 3.42. The topological polar surface area (TPSA) is 51.8 Å². The molecule has 2 aromatic rings. The number of anilines is 1. The number of halogens is 1. The lowest BCUT2D eigenvalue weighted by molar-refractivity contribution is 1.26. The Labute approximate surface area is 92.9 Å². The quantitative estimate of drug-likeness (QED) is 0.751.